The van der Waals surface area contributed by atoms with E-state index in [1.54, 1.807) is 0 Å². The Bertz CT molecular complexity index is 354. The van der Waals surface area contributed by atoms with E-state index in [1.165, 1.54) is 12.0 Å². The quantitative estimate of drug-likeness (QED) is 0.623. The summed E-state index contributed by atoms with van der Waals surface area (Å²) in [5.41, 5.74) is 1.68. The van der Waals surface area contributed by atoms with Gasteiger partial charge in [-0.1, -0.05) is 67.4 Å². The Kier molecular flexibility index (Phi) is 5.53. The molecule has 0 heterocycles. The molecule has 0 amide bonds. The van der Waals surface area contributed by atoms with Crippen molar-refractivity contribution in [3.63, 3.8) is 0 Å². The first kappa shape index (κ1) is 15.0. The molecule has 0 nitrogen and oxygen atoms in total. The van der Waals surface area contributed by atoms with Crippen molar-refractivity contribution in [3.05, 3.63) is 34.9 Å². The van der Waals surface area contributed by atoms with Gasteiger partial charge in [0.05, 0.1) is 0 Å². The molecule has 2 atom stereocenters. The van der Waals surface area contributed by atoms with Crippen molar-refractivity contribution >= 4 is 27.5 Å². The molecule has 0 aliphatic heterocycles. The van der Waals surface area contributed by atoms with E-state index in [4.69, 9.17) is 11.6 Å². The molecular weight excluding hydrogens is 296 g/mol. The summed E-state index contributed by atoms with van der Waals surface area (Å²) in [7, 11) is 0. The Labute approximate surface area is 119 Å². The maximum atomic E-state index is 5.99. The molecule has 0 fully saturated rings. The minimum atomic E-state index is 0.375. The van der Waals surface area contributed by atoms with Crippen LogP contribution in [0.4, 0.5) is 0 Å². The first-order valence-electron chi connectivity index (χ1n) is 6.17. The average molecular weight is 318 g/mol. The first-order valence-corrected chi connectivity index (χ1v) is 7.47. The summed E-state index contributed by atoms with van der Waals surface area (Å²) < 4.78 is 0. The molecule has 17 heavy (non-hydrogen) atoms. The van der Waals surface area contributed by atoms with Gasteiger partial charge in [-0.2, -0.15) is 0 Å². The minimum Gasteiger partial charge on any atom is -0.0887 e. The van der Waals surface area contributed by atoms with Crippen LogP contribution in [0.3, 0.4) is 0 Å². The van der Waals surface area contributed by atoms with Crippen LogP contribution in [-0.4, -0.2) is 4.83 Å². The van der Waals surface area contributed by atoms with Crippen LogP contribution in [0.2, 0.25) is 5.02 Å². The molecule has 1 rings (SSSR count). The minimum absolute atomic E-state index is 0.375. The van der Waals surface area contributed by atoms with Crippen LogP contribution in [0.25, 0.3) is 0 Å². The van der Waals surface area contributed by atoms with E-state index in [-0.39, 0.29) is 0 Å². The Morgan fingerprint density at radius 3 is 2.47 bits per heavy atom. The molecule has 1 aromatic carbocycles. The number of alkyl halides is 1. The van der Waals surface area contributed by atoms with E-state index < -0.39 is 0 Å². The van der Waals surface area contributed by atoms with Crippen molar-refractivity contribution in [2.45, 2.75) is 45.4 Å². The standard InChI is InChI=1S/C15H22BrCl/c1-11(15(2,3)4)8-13(16)9-12-6-5-7-14(17)10-12/h5-7,10-11,13H,8-9H2,1-4H3. The van der Waals surface area contributed by atoms with Gasteiger partial charge in [-0.05, 0) is 41.9 Å². The largest absolute Gasteiger partial charge is 0.0887 e. The van der Waals surface area contributed by atoms with Gasteiger partial charge in [-0.15, -0.1) is 0 Å². The molecule has 1 aromatic rings. The summed E-state index contributed by atoms with van der Waals surface area (Å²) in [6.07, 6.45) is 2.23. The molecule has 2 heteroatoms. The molecule has 2 unspecified atom stereocenters. The molecule has 0 aliphatic rings. The summed E-state index contributed by atoms with van der Waals surface area (Å²) in [6.45, 7) is 9.23. The second-order valence-electron chi connectivity index (χ2n) is 5.93. The number of halogens is 2. The van der Waals surface area contributed by atoms with Gasteiger partial charge in [0.2, 0.25) is 0 Å². The van der Waals surface area contributed by atoms with Gasteiger partial charge >= 0.3 is 0 Å². The summed E-state index contributed by atoms with van der Waals surface area (Å²) in [5.74, 6) is 0.700. The van der Waals surface area contributed by atoms with Crippen LogP contribution in [0.15, 0.2) is 24.3 Å². The van der Waals surface area contributed by atoms with E-state index in [9.17, 15) is 0 Å². The average Bonchev–Trinajstić information content (AvgIpc) is 2.15. The molecule has 0 saturated carbocycles. The highest BCUT2D eigenvalue weighted by Crippen LogP contribution is 2.31. The summed E-state index contributed by atoms with van der Waals surface area (Å²) in [5, 5.41) is 0.825. The fraction of sp³-hybridized carbons (Fsp3) is 0.600. The fourth-order valence-electron chi connectivity index (χ4n) is 1.74. The van der Waals surface area contributed by atoms with Gasteiger partial charge < -0.3 is 0 Å². The lowest BCUT2D eigenvalue weighted by atomic mass is 9.79. The third kappa shape index (κ3) is 5.44. The Balaban J connectivity index is 2.53. The van der Waals surface area contributed by atoms with E-state index in [0.29, 0.717) is 16.2 Å². The molecule has 0 aliphatic carbocycles. The third-order valence-corrected chi connectivity index (χ3v) is 4.37. The topological polar surface area (TPSA) is 0 Å². The molecular formula is C15H22BrCl. The normalized spacial score (nSPS) is 15.6. The van der Waals surface area contributed by atoms with Crippen molar-refractivity contribution in [1.82, 2.24) is 0 Å². The van der Waals surface area contributed by atoms with Gasteiger partial charge in [0.1, 0.15) is 0 Å². The van der Waals surface area contributed by atoms with E-state index in [2.05, 4.69) is 55.8 Å². The molecule has 0 saturated heterocycles. The maximum Gasteiger partial charge on any atom is 0.0408 e. The summed E-state index contributed by atoms with van der Waals surface area (Å²) in [4.78, 5) is 0.523. The number of rotatable bonds is 4. The lowest BCUT2D eigenvalue weighted by Gasteiger charge is -2.29. The third-order valence-electron chi connectivity index (χ3n) is 3.43. The predicted octanol–water partition coefficient (Wildman–Crippen LogP) is 5.72. The molecule has 0 N–H and O–H groups in total. The Morgan fingerprint density at radius 2 is 1.94 bits per heavy atom. The molecule has 96 valence electrons. The van der Waals surface area contributed by atoms with Crippen LogP contribution in [0, 0.1) is 11.3 Å². The van der Waals surface area contributed by atoms with E-state index in [0.717, 1.165) is 11.4 Å². The lowest BCUT2D eigenvalue weighted by molar-refractivity contribution is 0.246. The van der Waals surface area contributed by atoms with Crippen LogP contribution < -0.4 is 0 Å². The van der Waals surface area contributed by atoms with E-state index in [1.807, 2.05) is 12.1 Å². The molecule has 0 aromatic heterocycles. The number of benzene rings is 1. The van der Waals surface area contributed by atoms with Gasteiger partial charge in [-0.3, -0.25) is 0 Å². The van der Waals surface area contributed by atoms with Crippen LogP contribution in [0.5, 0.6) is 0 Å². The highest BCUT2D eigenvalue weighted by Gasteiger charge is 2.22. The second-order valence-corrected chi connectivity index (χ2v) is 7.67. The SMILES string of the molecule is CC(CC(Br)Cc1cccc(Cl)c1)C(C)(C)C. The van der Waals surface area contributed by atoms with Gasteiger partial charge in [-0.25, -0.2) is 0 Å². The van der Waals surface area contributed by atoms with Crippen molar-refractivity contribution in [1.29, 1.82) is 0 Å². The highest BCUT2D eigenvalue weighted by molar-refractivity contribution is 9.09. The van der Waals surface area contributed by atoms with Crippen molar-refractivity contribution in [2.75, 3.05) is 0 Å². The summed E-state index contributed by atoms with van der Waals surface area (Å²) >= 11 is 9.78. The number of hydrogen-bond acceptors (Lipinski definition) is 0. The smallest absolute Gasteiger partial charge is 0.0408 e. The molecule has 0 radical (unpaired) electrons. The first-order chi connectivity index (χ1) is 7.79. The fourth-order valence-corrected chi connectivity index (χ4v) is 2.89. The van der Waals surface area contributed by atoms with E-state index >= 15 is 0 Å². The number of hydrogen-bond donors (Lipinski definition) is 0. The van der Waals surface area contributed by atoms with Crippen molar-refractivity contribution in [3.8, 4) is 0 Å². The summed E-state index contributed by atoms with van der Waals surface area (Å²) in [6, 6.07) is 8.14. The van der Waals surface area contributed by atoms with Crippen LogP contribution in [-0.2, 0) is 6.42 Å². The predicted molar refractivity (Wildman–Crippen MR) is 81.1 cm³/mol. The highest BCUT2D eigenvalue weighted by atomic mass is 79.9. The monoisotopic (exact) mass is 316 g/mol. The van der Waals surface area contributed by atoms with Gasteiger partial charge in [0, 0.05) is 9.85 Å². The zero-order valence-electron chi connectivity index (χ0n) is 11.1. The zero-order chi connectivity index (χ0) is 13.1. The van der Waals surface area contributed by atoms with Gasteiger partial charge in [0.25, 0.3) is 0 Å². The zero-order valence-corrected chi connectivity index (χ0v) is 13.5. The van der Waals surface area contributed by atoms with Crippen molar-refractivity contribution < 1.29 is 0 Å². The van der Waals surface area contributed by atoms with Gasteiger partial charge in [0.15, 0.2) is 0 Å². The van der Waals surface area contributed by atoms with Crippen molar-refractivity contribution in [2.24, 2.45) is 11.3 Å². The Morgan fingerprint density at radius 1 is 1.29 bits per heavy atom. The molecule has 0 spiro atoms. The maximum absolute atomic E-state index is 5.99. The second kappa shape index (κ2) is 6.24. The lowest BCUT2D eigenvalue weighted by Crippen LogP contribution is -2.21. The van der Waals surface area contributed by atoms with Crippen LogP contribution >= 0.6 is 27.5 Å². The Hall–Kier alpha value is -0.0100. The molecule has 0 bridgehead atoms. The van der Waals surface area contributed by atoms with Crippen LogP contribution in [0.1, 0.15) is 39.7 Å².